The Hall–Kier alpha value is -0.0200. The molecule has 0 radical (unpaired) electrons. The molecular weight excluding hydrogens is 320 g/mol. The minimum absolute atomic E-state index is 0.134. The predicted octanol–water partition coefficient (Wildman–Crippen LogP) is 4.69. The average Bonchev–Trinajstić information content (AvgIpc) is 2.15. The van der Waals surface area contributed by atoms with Gasteiger partial charge >= 0.3 is 0 Å². The van der Waals surface area contributed by atoms with Gasteiger partial charge < -0.3 is 4.74 Å². The summed E-state index contributed by atoms with van der Waals surface area (Å²) in [6.07, 6.45) is 0. The van der Waals surface area contributed by atoms with E-state index in [2.05, 4.69) is 44.0 Å². The van der Waals surface area contributed by atoms with Crippen LogP contribution in [0.25, 0.3) is 0 Å². The van der Waals surface area contributed by atoms with Gasteiger partial charge in [-0.1, -0.05) is 44.0 Å². The average molecular weight is 336 g/mol. The Bertz CT molecular complexity index is 300. The van der Waals surface area contributed by atoms with Crippen LogP contribution in [0.2, 0.25) is 0 Å². The van der Waals surface area contributed by atoms with Crippen LogP contribution in [0, 0.1) is 0 Å². The zero-order chi connectivity index (χ0) is 11.5. The number of ether oxygens (including phenoxy) is 1. The molecule has 1 rings (SSSR count). The third-order valence-electron chi connectivity index (χ3n) is 1.80. The van der Waals surface area contributed by atoms with E-state index >= 15 is 0 Å². The molecule has 1 aromatic carbocycles. The van der Waals surface area contributed by atoms with E-state index in [-0.39, 0.29) is 5.60 Å². The Morgan fingerprint density at radius 2 is 1.73 bits per heavy atom. The van der Waals surface area contributed by atoms with Gasteiger partial charge in [-0.3, -0.25) is 0 Å². The monoisotopic (exact) mass is 334 g/mol. The highest BCUT2D eigenvalue weighted by Crippen LogP contribution is 2.27. The Balaban J connectivity index is 2.72. The van der Waals surface area contributed by atoms with Crippen LogP contribution in [0.15, 0.2) is 24.3 Å². The van der Waals surface area contributed by atoms with E-state index in [9.17, 15) is 0 Å². The van der Waals surface area contributed by atoms with Crippen molar-refractivity contribution in [1.29, 1.82) is 0 Å². The summed E-state index contributed by atoms with van der Waals surface area (Å²) in [6.45, 7) is 6.14. The van der Waals surface area contributed by atoms with Gasteiger partial charge in [0.05, 0.1) is 0 Å². The number of rotatable bonds is 3. The van der Waals surface area contributed by atoms with Crippen LogP contribution in [-0.2, 0) is 0 Å². The quantitative estimate of drug-likeness (QED) is 0.728. The summed E-state index contributed by atoms with van der Waals surface area (Å²) in [7, 11) is 0. The van der Waals surface area contributed by atoms with Crippen molar-refractivity contribution in [2.75, 3.05) is 5.33 Å². The second kappa shape index (κ2) is 5.35. The first-order valence-electron chi connectivity index (χ1n) is 4.91. The fourth-order valence-electron chi connectivity index (χ4n) is 1.19. The fourth-order valence-corrected chi connectivity index (χ4v) is 1.87. The normalized spacial score (nSPS) is 13.7. The zero-order valence-electron chi connectivity index (χ0n) is 9.26. The lowest BCUT2D eigenvalue weighted by molar-refractivity contribution is 0.131. The molecule has 0 aliphatic carbocycles. The zero-order valence-corrected chi connectivity index (χ0v) is 12.4. The molecule has 1 aromatic rings. The smallest absolute Gasteiger partial charge is 0.120 e. The lowest BCUT2D eigenvalue weighted by atomic mass is 10.1. The van der Waals surface area contributed by atoms with E-state index in [0.717, 1.165) is 11.1 Å². The molecule has 0 aromatic heterocycles. The van der Waals surface area contributed by atoms with Crippen molar-refractivity contribution in [3.8, 4) is 5.75 Å². The number of hydrogen-bond donors (Lipinski definition) is 0. The summed E-state index contributed by atoms with van der Waals surface area (Å²) in [6, 6.07) is 8.19. The standard InChI is InChI=1S/C12H16Br2O/c1-12(2,3)15-10-6-4-9(5-7-10)11(14)8-13/h4-7,11H,8H2,1-3H3. The molecule has 1 atom stereocenters. The van der Waals surface area contributed by atoms with Gasteiger partial charge in [-0.25, -0.2) is 0 Å². The van der Waals surface area contributed by atoms with Gasteiger partial charge in [-0.2, -0.15) is 0 Å². The first-order chi connectivity index (χ1) is 6.92. The van der Waals surface area contributed by atoms with Crippen molar-refractivity contribution in [1.82, 2.24) is 0 Å². The van der Waals surface area contributed by atoms with Crippen molar-refractivity contribution in [2.24, 2.45) is 0 Å². The van der Waals surface area contributed by atoms with Crippen LogP contribution >= 0.6 is 31.9 Å². The molecule has 0 N–H and O–H groups in total. The van der Waals surface area contributed by atoms with Crippen LogP contribution in [0.4, 0.5) is 0 Å². The molecule has 0 heterocycles. The highest BCUT2D eigenvalue weighted by atomic mass is 79.9. The molecule has 15 heavy (non-hydrogen) atoms. The molecule has 0 amide bonds. The minimum Gasteiger partial charge on any atom is -0.488 e. The highest BCUT2D eigenvalue weighted by Gasteiger charge is 2.12. The lowest BCUT2D eigenvalue weighted by Gasteiger charge is -2.21. The van der Waals surface area contributed by atoms with E-state index in [1.54, 1.807) is 0 Å². The van der Waals surface area contributed by atoms with Gasteiger partial charge in [-0.15, -0.1) is 0 Å². The Labute approximate surface area is 108 Å². The van der Waals surface area contributed by atoms with Gasteiger partial charge in [0, 0.05) is 10.2 Å². The van der Waals surface area contributed by atoms with E-state index < -0.39 is 0 Å². The Morgan fingerprint density at radius 1 is 1.20 bits per heavy atom. The minimum atomic E-state index is -0.134. The first-order valence-corrected chi connectivity index (χ1v) is 6.95. The van der Waals surface area contributed by atoms with Gasteiger partial charge in [0.25, 0.3) is 0 Å². The number of hydrogen-bond acceptors (Lipinski definition) is 1. The molecule has 0 bridgehead atoms. The van der Waals surface area contributed by atoms with Crippen molar-refractivity contribution in [2.45, 2.75) is 31.2 Å². The fraction of sp³-hybridized carbons (Fsp3) is 0.500. The largest absolute Gasteiger partial charge is 0.488 e. The van der Waals surface area contributed by atoms with Crippen LogP contribution in [-0.4, -0.2) is 10.9 Å². The number of alkyl halides is 2. The lowest BCUT2D eigenvalue weighted by Crippen LogP contribution is -2.22. The summed E-state index contributed by atoms with van der Waals surface area (Å²) >= 11 is 7.02. The molecule has 1 nitrogen and oxygen atoms in total. The molecule has 0 saturated heterocycles. The van der Waals surface area contributed by atoms with Gasteiger partial charge in [0.15, 0.2) is 0 Å². The van der Waals surface area contributed by atoms with Crippen LogP contribution in [0.3, 0.4) is 0 Å². The van der Waals surface area contributed by atoms with Crippen LogP contribution < -0.4 is 4.74 Å². The topological polar surface area (TPSA) is 9.23 Å². The highest BCUT2D eigenvalue weighted by molar-refractivity contribution is 9.12. The molecule has 3 heteroatoms. The van der Waals surface area contributed by atoms with Crippen LogP contribution in [0.5, 0.6) is 5.75 Å². The second-order valence-corrected chi connectivity index (χ2v) is 6.16. The number of halogens is 2. The maximum absolute atomic E-state index is 5.74. The van der Waals surface area contributed by atoms with E-state index in [1.807, 2.05) is 32.9 Å². The van der Waals surface area contributed by atoms with Crippen LogP contribution in [0.1, 0.15) is 31.2 Å². The summed E-state index contributed by atoms with van der Waals surface area (Å²) in [5.41, 5.74) is 1.12. The van der Waals surface area contributed by atoms with Crippen molar-refractivity contribution in [3.05, 3.63) is 29.8 Å². The Kier molecular flexibility index (Phi) is 4.65. The third kappa shape index (κ3) is 4.56. The summed E-state index contributed by atoms with van der Waals surface area (Å²) in [5.74, 6) is 0.917. The summed E-state index contributed by atoms with van der Waals surface area (Å²) < 4.78 is 5.74. The predicted molar refractivity (Wildman–Crippen MR) is 72.3 cm³/mol. The van der Waals surface area contributed by atoms with E-state index in [0.29, 0.717) is 4.83 Å². The van der Waals surface area contributed by atoms with E-state index in [1.165, 1.54) is 5.56 Å². The summed E-state index contributed by atoms with van der Waals surface area (Å²) in [4.78, 5) is 0.362. The van der Waals surface area contributed by atoms with Crippen molar-refractivity contribution >= 4 is 31.9 Å². The molecule has 0 aliphatic heterocycles. The first kappa shape index (κ1) is 13.0. The second-order valence-electron chi connectivity index (χ2n) is 4.41. The SMILES string of the molecule is CC(C)(C)Oc1ccc(C(Br)CBr)cc1. The number of benzene rings is 1. The third-order valence-corrected chi connectivity index (χ3v) is 4.17. The maximum atomic E-state index is 5.74. The van der Waals surface area contributed by atoms with Crippen molar-refractivity contribution < 1.29 is 4.74 Å². The Morgan fingerprint density at radius 3 is 2.13 bits per heavy atom. The molecule has 0 spiro atoms. The van der Waals surface area contributed by atoms with Gasteiger partial charge in [-0.05, 0) is 38.5 Å². The molecular formula is C12H16Br2O. The van der Waals surface area contributed by atoms with Gasteiger partial charge in [0.2, 0.25) is 0 Å². The van der Waals surface area contributed by atoms with E-state index in [4.69, 9.17) is 4.74 Å². The molecule has 0 aliphatic rings. The maximum Gasteiger partial charge on any atom is 0.120 e. The summed E-state index contributed by atoms with van der Waals surface area (Å²) in [5, 5.41) is 0.909. The molecule has 84 valence electrons. The van der Waals surface area contributed by atoms with Crippen molar-refractivity contribution in [3.63, 3.8) is 0 Å². The molecule has 1 unspecified atom stereocenters. The molecule has 0 fully saturated rings. The molecule has 0 saturated carbocycles. The van der Waals surface area contributed by atoms with Gasteiger partial charge in [0.1, 0.15) is 11.4 Å².